The van der Waals surface area contributed by atoms with Crippen LogP contribution in [0, 0.1) is 0 Å². The van der Waals surface area contributed by atoms with E-state index in [4.69, 9.17) is 4.74 Å². The summed E-state index contributed by atoms with van der Waals surface area (Å²) in [6, 6.07) is 0.234. The Morgan fingerprint density at radius 1 is 1.75 bits per heavy atom. The van der Waals surface area contributed by atoms with Crippen molar-refractivity contribution in [2.24, 2.45) is 4.99 Å². The Kier molecular flexibility index (Phi) is 2.25. The SMILES string of the molecule is CN=C1NC2CC(O)COC2S1. The van der Waals surface area contributed by atoms with Crippen molar-refractivity contribution in [1.82, 2.24) is 5.32 Å². The molecule has 0 aromatic rings. The van der Waals surface area contributed by atoms with Crippen molar-refractivity contribution in [3.63, 3.8) is 0 Å². The molecule has 68 valence electrons. The van der Waals surface area contributed by atoms with Crippen LogP contribution in [0.5, 0.6) is 0 Å². The third-order valence-corrected chi connectivity index (χ3v) is 3.27. The number of nitrogens with zero attached hydrogens (tertiary/aromatic N) is 1. The van der Waals surface area contributed by atoms with Gasteiger partial charge in [0, 0.05) is 7.05 Å². The zero-order valence-electron chi connectivity index (χ0n) is 6.86. The van der Waals surface area contributed by atoms with E-state index in [1.165, 1.54) is 0 Å². The smallest absolute Gasteiger partial charge is 0.159 e. The van der Waals surface area contributed by atoms with Crippen LogP contribution >= 0.6 is 11.8 Å². The Morgan fingerprint density at radius 2 is 2.58 bits per heavy atom. The fraction of sp³-hybridized carbons (Fsp3) is 0.857. The van der Waals surface area contributed by atoms with Gasteiger partial charge in [-0.05, 0) is 6.42 Å². The van der Waals surface area contributed by atoms with E-state index in [1.54, 1.807) is 18.8 Å². The van der Waals surface area contributed by atoms with Crippen molar-refractivity contribution in [3.05, 3.63) is 0 Å². The molecule has 2 N–H and O–H groups in total. The molecular formula is C7H12N2O2S. The van der Waals surface area contributed by atoms with Crippen LogP contribution in [0.4, 0.5) is 0 Å². The summed E-state index contributed by atoms with van der Waals surface area (Å²) in [7, 11) is 1.75. The summed E-state index contributed by atoms with van der Waals surface area (Å²) in [6.45, 7) is 0.451. The number of fused-ring (bicyclic) bond motifs is 1. The van der Waals surface area contributed by atoms with E-state index in [-0.39, 0.29) is 17.6 Å². The first kappa shape index (κ1) is 8.34. The summed E-state index contributed by atoms with van der Waals surface area (Å²) in [5.74, 6) is 0. The fourth-order valence-electron chi connectivity index (χ4n) is 1.46. The third kappa shape index (κ3) is 1.44. The summed E-state index contributed by atoms with van der Waals surface area (Å²) in [5, 5.41) is 13.4. The molecule has 0 amide bonds. The minimum atomic E-state index is -0.324. The number of aliphatic imine (C=N–C) groups is 1. The molecule has 2 rings (SSSR count). The maximum Gasteiger partial charge on any atom is 0.159 e. The molecule has 12 heavy (non-hydrogen) atoms. The monoisotopic (exact) mass is 188 g/mol. The number of aliphatic hydroxyl groups is 1. The molecule has 0 saturated carbocycles. The van der Waals surface area contributed by atoms with Crippen LogP contribution in [0.3, 0.4) is 0 Å². The zero-order valence-corrected chi connectivity index (χ0v) is 7.67. The maximum atomic E-state index is 9.30. The van der Waals surface area contributed by atoms with Crippen LogP contribution in [0.25, 0.3) is 0 Å². The lowest BCUT2D eigenvalue weighted by atomic mass is 10.1. The molecule has 2 fully saturated rings. The molecule has 0 aromatic heterocycles. The van der Waals surface area contributed by atoms with Crippen molar-refractivity contribution in [2.45, 2.75) is 24.0 Å². The number of amidine groups is 1. The second-order valence-electron chi connectivity index (χ2n) is 2.99. The van der Waals surface area contributed by atoms with Gasteiger partial charge in [-0.15, -0.1) is 0 Å². The molecule has 2 aliphatic heterocycles. The lowest BCUT2D eigenvalue weighted by Gasteiger charge is -2.27. The van der Waals surface area contributed by atoms with Gasteiger partial charge in [-0.2, -0.15) is 0 Å². The molecule has 0 spiro atoms. The lowest BCUT2D eigenvalue weighted by Crippen LogP contribution is -2.42. The average Bonchev–Trinajstić information content (AvgIpc) is 2.46. The second kappa shape index (κ2) is 3.24. The molecule has 0 radical (unpaired) electrons. The average molecular weight is 188 g/mol. The number of hydrogen-bond acceptors (Lipinski definition) is 4. The van der Waals surface area contributed by atoms with E-state index in [2.05, 4.69) is 10.3 Å². The van der Waals surface area contributed by atoms with Crippen molar-refractivity contribution >= 4 is 16.9 Å². The van der Waals surface area contributed by atoms with Crippen LogP contribution in [0.1, 0.15) is 6.42 Å². The van der Waals surface area contributed by atoms with E-state index in [9.17, 15) is 5.11 Å². The summed E-state index contributed by atoms with van der Waals surface area (Å²) < 4.78 is 5.42. The molecule has 5 heteroatoms. The highest BCUT2D eigenvalue weighted by Crippen LogP contribution is 2.30. The minimum absolute atomic E-state index is 0.145. The number of thioether (sulfide) groups is 1. The topological polar surface area (TPSA) is 53.9 Å². The molecule has 3 unspecified atom stereocenters. The summed E-state index contributed by atoms with van der Waals surface area (Å²) in [6.07, 6.45) is 0.437. The molecular weight excluding hydrogens is 176 g/mol. The Hall–Kier alpha value is -0.260. The van der Waals surface area contributed by atoms with Crippen LogP contribution in [0.15, 0.2) is 4.99 Å². The van der Waals surface area contributed by atoms with Crippen molar-refractivity contribution in [3.8, 4) is 0 Å². The molecule has 0 aliphatic carbocycles. The lowest BCUT2D eigenvalue weighted by molar-refractivity contribution is -0.0316. The van der Waals surface area contributed by atoms with Gasteiger partial charge in [0.15, 0.2) is 5.17 Å². The summed E-state index contributed by atoms with van der Waals surface area (Å²) in [5.41, 5.74) is 0.145. The van der Waals surface area contributed by atoms with Gasteiger partial charge in [-0.25, -0.2) is 0 Å². The standard InChI is InChI=1S/C7H12N2O2S/c1-8-7-9-5-2-4(10)3-11-6(5)12-7/h4-6,10H,2-3H2,1H3,(H,8,9). The Bertz CT molecular complexity index is 210. The van der Waals surface area contributed by atoms with Gasteiger partial charge in [0.1, 0.15) is 5.44 Å². The number of nitrogens with one attached hydrogen (secondary N) is 1. The van der Waals surface area contributed by atoms with Crippen LogP contribution < -0.4 is 5.32 Å². The van der Waals surface area contributed by atoms with E-state index >= 15 is 0 Å². The van der Waals surface area contributed by atoms with Crippen molar-refractivity contribution < 1.29 is 9.84 Å². The molecule has 0 aromatic carbocycles. The zero-order chi connectivity index (χ0) is 8.55. The number of ether oxygens (including phenoxy) is 1. The van der Waals surface area contributed by atoms with Crippen LogP contribution in [-0.4, -0.2) is 41.5 Å². The summed E-state index contributed by atoms with van der Waals surface area (Å²) in [4.78, 5) is 4.04. The van der Waals surface area contributed by atoms with Crippen molar-refractivity contribution in [2.75, 3.05) is 13.7 Å². The highest BCUT2D eigenvalue weighted by molar-refractivity contribution is 8.14. The quantitative estimate of drug-likeness (QED) is 0.552. The second-order valence-corrected chi connectivity index (χ2v) is 4.08. The highest BCUT2D eigenvalue weighted by atomic mass is 32.2. The fourth-order valence-corrected chi connectivity index (χ4v) is 2.49. The van der Waals surface area contributed by atoms with Gasteiger partial charge >= 0.3 is 0 Å². The van der Waals surface area contributed by atoms with E-state index in [1.807, 2.05) is 0 Å². The number of rotatable bonds is 0. The largest absolute Gasteiger partial charge is 0.391 e. The van der Waals surface area contributed by atoms with Gasteiger partial charge in [0.05, 0.1) is 18.8 Å². The van der Waals surface area contributed by atoms with Gasteiger partial charge in [-0.1, -0.05) is 11.8 Å². The Morgan fingerprint density at radius 3 is 3.33 bits per heavy atom. The van der Waals surface area contributed by atoms with Crippen molar-refractivity contribution in [1.29, 1.82) is 0 Å². The minimum Gasteiger partial charge on any atom is -0.391 e. The molecule has 2 saturated heterocycles. The highest BCUT2D eigenvalue weighted by Gasteiger charge is 2.37. The number of aliphatic hydroxyl groups excluding tert-OH is 1. The predicted molar refractivity (Wildman–Crippen MR) is 48.2 cm³/mol. The normalized spacial score (nSPS) is 44.2. The maximum absolute atomic E-state index is 9.30. The first-order valence-electron chi connectivity index (χ1n) is 3.99. The van der Waals surface area contributed by atoms with Gasteiger partial charge in [-0.3, -0.25) is 4.99 Å². The van der Waals surface area contributed by atoms with E-state index in [0.717, 1.165) is 11.6 Å². The number of hydrogen-bond donors (Lipinski definition) is 2. The van der Waals surface area contributed by atoms with Gasteiger partial charge in [0.25, 0.3) is 0 Å². The van der Waals surface area contributed by atoms with Gasteiger partial charge in [0.2, 0.25) is 0 Å². The molecule has 4 nitrogen and oxygen atoms in total. The van der Waals surface area contributed by atoms with Gasteiger partial charge < -0.3 is 15.2 Å². The van der Waals surface area contributed by atoms with E-state index in [0.29, 0.717) is 6.61 Å². The Labute approximate surface area is 75.4 Å². The first-order valence-corrected chi connectivity index (χ1v) is 4.87. The Balaban J connectivity index is 2.02. The molecule has 2 heterocycles. The first-order chi connectivity index (χ1) is 5.79. The van der Waals surface area contributed by atoms with E-state index < -0.39 is 0 Å². The predicted octanol–water partition coefficient (Wildman–Crippen LogP) is -0.216. The molecule has 3 atom stereocenters. The molecule has 0 bridgehead atoms. The molecule has 2 aliphatic rings. The van der Waals surface area contributed by atoms with Crippen LogP contribution in [-0.2, 0) is 4.74 Å². The van der Waals surface area contributed by atoms with Crippen LogP contribution in [0.2, 0.25) is 0 Å². The third-order valence-electron chi connectivity index (χ3n) is 2.05. The summed E-state index contributed by atoms with van der Waals surface area (Å²) >= 11 is 1.60.